The van der Waals surface area contributed by atoms with E-state index in [9.17, 15) is 13.5 Å². The quantitative estimate of drug-likeness (QED) is 0.884. The first kappa shape index (κ1) is 16.3. The van der Waals surface area contributed by atoms with Crippen LogP contribution in [-0.2, 0) is 16.3 Å². The van der Waals surface area contributed by atoms with Crippen LogP contribution in [0.25, 0.3) is 0 Å². The summed E-state index contributed by atoms with van der Waals surface area (Å²) in [5, 5.41) is 12.9. The number of aromatic hydroxyl groups is 1. The Morgan fingerprint density at radius 1 is 1.18 bits per heavy atom. The number of benzene rings is 1. The molecule has 0 saturated heterocycles. The van der Waals surface area contributed by atoms with E-state index >= 15 is 0 Å². The van der Waals surface area contributed by atoms with Crippen molar-refractivity contribution in [2.24, 2.45) is 0 Å². The molecular weight excluding hydrogens is 300 g/mol. The minimum Gasteiger partial charge on any atom is -0.507 e. The van der Waals surface area contributed by atoms with E-state index in [-0.39, 0.29) is 4.90 Å². The van der Waals surface area contributed by atoms with Crippen molar-refractivity contribution < 1.29 is 13.5 Å². The van der Waals surface area contributed by atoms with Crippen LogP contribution in [0.5, 0.6) is 5.75 Å². The summed E-state index contributed by atoms with van der Waals surface area (Å²) in [5.41, 5.74) is 2.87. The van der Waals surface area contributed by atoms with Crippen molar-refractivity contribution in [2.45, 2.75) is 25.2 Å². The second-order valence-corrected chi connectivity index (χ2v) is 7.42. The monoisotopic (exact) mass is 320 g/mol. The summed E-state index contributed by atoms with van der Waals surface area (Å²) in [4.78, 5) is 4.31. The summed E-state index contributed by atoms with van der Waals surface area (Å²) in [6.45, 7) is 4.43. The van der Waals surface area contributed by atoms with Crippen molar-refractivity contribution in [3.05, 3.63) is 47.2 Å². The highest BCUT2D eigenvalue weighted by molar-refractivity contribution is 7.90. The van der Waals surface area contributed by atoms with Gasteiger partial charge < -0.3 is 10.4 Å². The number of pyridine rings is 1. The van der Waals surface area contributed by atoms with Crippen LogP contribution in [0, 0.1) is 13.8 Å². The first-order chi connectivity index (χ1) is 10.3. The number of phenols is 1. The molecule has 0 fully saturated rings. The average molecular weight is 320 g/mol. The van der Waals surface area contributed by atoms with Gasteiger partial charge in [0, 0.05) is 19.0 Å². The summed E-state index contributed by atoms with van der Waals surface area (Å²) < 4.78 is 22.7. The lowest BCUT2D eigenvalue weighted by molar-refractivity contribution is 0.466. The summed E-state index contributed by atoms with van der Waals surface area (Å²) in [5.74, 6) is 0.981. The van der Waals surface area contributed by atoms with Gasteiger partial charge >= 0.3 is 0 Å². The topological polar surface area (TPSA) is 79.3 Å². The third kappa shape index (κ3) is 3.98. The fraction of sp³-hybridized carbons (Fsp3) is 0.312. The van der Waals surface area contributed by atoms with Gasteiger partial charge in [-0.05, 0) is 49.1 Å². The van der Waals surface area contributed by atoms with Gasteiger partial charge in [-0.1, -0.05) is 12.1 Å². The van der Waals surface area contributed by atoms with Gasteiger partial charge in [0.1, 0.15) is 11.6 Å². The molecule has 22 heavy (non-hydrogen) atoms. The molecule has 118 valence electrons. The predicted molar refractivity (Wildman–Crippen MR) is 87.1 cm³/mol. The number of anilines is 1. The fourth-order valence-corrected chi connectivity index (χ4v) is 2.79. The molecule has 1 heterocycles. The molecule has 0 radical (unpaired) electrons. The van der Waals surface area contributed by atoms with Crippen LogP contribution in [0.3, 0.4) is 0 Å². The molecule has 1 aromatic heterocycles. The zero-order chi connectivity index (χ0) is 16.3. The molecule has 1 aromatic carbocycles. The van der Waals surface area contributed by atoms with Crippen molar-refractivity contribution in [1.29, 1.82) is 0 Å². The van der Waals surface area contributed by atoms with Crippen LogP contribution >= 0.6 is 0 Å². The second-order valence-electron chi connectivity index (χ2n) is 5.41. The zero-order valence-corrected chi connectivity index (χ0v) is 13.7. The number of aryl methyl sites for hydroxylation is 2. The number of phenolic OH excluding ortho intramolecular Hbond substituents is 1. The lowest BCUT2D eigenvalue weighted by atomic mass is 10.0. The van der Waals surface area contributed by atoms with Gasteiger partial charge in [-0.25, -0.2) is 13.4 Å². The van der Waals surface area contributed by atoms with E-state index in [1.807, 2.05) is 26.0 Å². The Morgan fingerprint density at radius 2 is 1.82 bits per heavy atom. The minimum absolute atomic E-state index is 0.211. The average Bonchev–Trinajstić information content (AvgIpc) is 2.44. The van der Waals surface area contributed by atoms with Crippen LogP contribution < -0.4 is 5.32 Å². The molecule has 6 heteroatoms. The van der Waals surface area contributed by atoms with E-state index in [4.69, 9.17) is 0 Å². The van der Waals surface area contributed by atoms with Gasteiger partial charge in [-0.2, -0.15) is 0 Å². The van der Waals surface area contributed by atoms with Crippen LogP contribution in [0.2, 0.25) is 0 Å². The van der Waals surface area contributed by atoms with Crippen LogP contribution in [0.15, 0.2) is 35.4 Å². The molecule has 2 N–H and O–H groups in total. The van der Waals surface area contributed by atoms with E-state index in [2.05, 4.69) is 10.3 Å². The summed E-state index contributed by atoms with van der Waals surface area (Å²) in [6.07, 6.45) is 3.30. The Hall–Kier alpha value is -2.08. The molecule has 0 spiro atoms. The first-order valence-electron chi connectivity index (χ1n) is 6.96. The number of hydrogen-bond acceptors (Lipinski definition) is 5. The molecule has 5 nitrogen and oxygen atoms in total. The fourth-order valence-electron chi connectivity index (χ4n) is 2.23. The maximum absolute atomic E-state index is 11.4. The number of aromatic nitrogens is 1. The van der Waals surface area contributed by atoms with Crippen molar-refractivity contribution in [3.8, 4) is 5.75 Å². The molecule has 0 saturated carbocycles. The van der Waals surface area contributed by atoms with Crippen molar-refractivity contribution in [2.75, 3.05) is 18.1 Å². The van der Waals surface area contributed by atoms with E-state index in [1.165, 1.54) is 6.20 Å². The van der Waals surface area contributed by atoms with Gasteiger partial charge in [-0.15, -0.1) is 0 Å². The van der Waals surface area contributed by atoms with E-state index in [0.717, 1.165) is 29.4 Å². The predicted octanol–water partition coefficient (Wildman–Crippen LogP) is 2.46. The highest BCUT2D eigenvalue weighted by Gasteiger charge is 2.07. The van der Waals surface area contributed by atoms with Gasteiger partial charge in [0.25, 0.3) is 0 Å². The van der Waals surface area contributed by atoms with Crippen molar-refractivity contribution in [3.63, 3.8) is 0 Å². The molecule has 0 aliphatic heterocycles. The largest absolute Gasteiger partial charge is 0.507 e. The Bertz CT molecular complexity index is 745. The third-order valence-corrected chi connectivity index (χ3v) is 4.53. The summed E-state index contributed by atoms with van der Waals surface area (Å²) in [6, 6.07) is 7.12. The Labute approximate surface area is 131 Å². The Balaban J connectivity index is 1.97. The standard InChI is InChI=1S/C16H20N2O3S/c1-11-8-13(9-12(2)16(11)19)6-7-17-15-5-4-14(10-18-15)22(3,20)21/h4-5,8-10,19H,6-7H2,1-3H3,(H,17,18). The number of nitrogens with zero attached hydrogens (tertiary/aromatic N) is 1. The molecule has 0 aliphatic carbocycles. The number of nitrogens with one attached hydrogen (secondary N) is 1. The molecular formula is C16H20N2O3S. The van der Waals surface area contributed by atoms with Crippen molar-refractivity contribution >= 4 is 15.7 Å². The first-order valence-corrected chi connectivity index (χ1v) is 8.85. The Kier molecular flexibility index (Phi) is 4.71. The zero-order valence-electron chi connectivity index (χ0n) is 12.9. The Morgan fingerprint density at radius 3 is 2.32 bits per heavy atom. The summed E-state index contributed by atoms with van der Waals surface area (Å²) >= 11 is 0. The number of hydrogen-bond donors (Lipinski definition) is 2. The smallest absolute Gasteiger partial charge is 0.177 e. The lowest BCUT2D eigenvalue weighted by Crippen LogP contribution is -2.07. The van der Waals surface area contributed by atoms with Gasteiger partial charge in [0.05, 0.1) is 4.90 Å². The number of sulfone groups is 1. The van der Waals surface area contributed by atoms with Crippen LogP contribution in [0.1, 0.15) is 16.7 Å². The van der Waals surface area contributed by atoms with Crippen molar-refractivity contribution in [1.82, 2.24) is 4.98 Å². The van der Waals surface area contributed by atoms with E-state index in [1.54, 1.807) is 12.1 Å². The highest BCUT2D eigenvalue weighted by Crippen LogP contribution is 2.23. The highest BCUT2D eigenvalue weighted by atomic mass is 32.2. The van der Waals surface area contributed by atoms with Gasteiger partial charge in [0.15, 0.2) is 9.84 Å². The molecule has 0 amide bonds. The molecule has 0 unspecified atom stereocenters. The minimum atomic E-state index is -3.21. The van der Waals surface area contributed by atoms with Crippen LogP contribution in [0.4, 0.5) is 5.82 Å². The molecule has 2 rings (SSSR count). The molecule has 0 atom stereocenters. The maximum Gasteiger partial charge on any atom is 0.177 e. The number of rotatable bonds is 5. The third-order valence-electron chi connectivity index (χ3n) is 3.44. The normalized spacial score (nSPS) is 11.4. The van der Waals surface area contributed by atoms with Gasteiger partial charge in [0.2, 0.25) is 0 Å². The summed E-state index contributed by atoms with van der Waals surface area (Å²) in [7, 11) is -3.21. The van der Waals surface area contributed by atoms with Gasteiger partial charge in [-0.3, -0.25) is 0 Å². The van der Waals surface area contributed by atoms with E-state index in [0.29, 0.717) is 18.1 Å². The maximum atomic E-state index is 11.4. The second kappa shape index (κ2) is 6.36. The van der Waals surface area contributed by atoms with Crippen LogP contribution in [-0.4, -0.2) is 31.3 Å². The molecule has 0 bridgehead atoms. The lowest BCUT2D eigenvalue weighted by Gasteiger charge is -2.09. The molecule has 0 aliphatic rings. The van der Waals surface area contributed by atoms with E-state index < -0.39 is 9.84 Å². The molecule has 2 aromatic rings. The SMILES string of the molecule is Cc1cc(CCNc2ccc(S(C)(=O)=O)cn2)cc(C)c1O.